The number of para-hydroxylation sites is 2. The van der Waals surface area contributed by atoms with Crippen LogP contribution >= 0.6 is 11.3 Å². The van der Waals surface area contributed by atoms with Crippen LogP contribution in [0.15, 0.2) is 265 Å². The number of aryl methyl sites for hydroxylation is 2. The minimum Gasteiger partial charge on any atom is -0.455 e. The average molecular weight is 956 g/mol. The molecule has 0 aliphatic heterocycles. The van der Waals surface area contributed by atoms with Gasteiger partial charge in [0, 0.05) is 65.2 Å². The fraction of sp³-hybridized carbons (Fsp3) is 0.0857. The zero-order valence-corrected chi connectivity index (χ0v) is 41.4. The van der Waals surface area contributed by atoms with Crippen LogP contribution in [-0.4, -0.2) is 0 Å². The SMILES string of the molecule is c1ccc(CCC(c2ccccc2)c2cc(-c3ccc(CCC(c4ccccc4)c4cccc5oc6c7ccccc7ccc6c45)cc3)cc3sc4ccc(N(c5ccccc5)c5ccccc5)cc4c23)cc1. The van der Waals surface area contributed by atoms with Gasteiger partial charge in [-0.05, 0) is 142 Å². The maximum Gasteiger partial charge on any atom is 0.143 e. The Morgan fingerprint density at radius 2 is 0.959 bits per heavy atom. The van der Waals surface area contributed by atoms with E-state index >= 15 is 0 Å². The minimum atomic E-state index is 0.175. The molecule has 350 valence electrons. The van der Waals surface area contributed by atoms with Gasteiger partial charge < -0.3 is 9.32 Å². The number of furan rings is 1. The smallest absolute Gasteiger partial charge is 0.143 e. The van der Waals surface area contributed by atoms with E-state index in [1.807, 2.05) is 11.3 Å². The maximum atomic E-state index is 6.68. The lowest BCUT2D eigenvalue weighted by atomic mass is 9.82. The molecule has 11 aromatic carbocycles. The quantitative estimate of drug-likeness (QED) is 0.108. The molecule has 13 rings (SSSR count). The van der Waals surface area contributed by atoms with Gasteiger partial charge in [0.2, 0.25) is 0 Å². The molecular weight excluding hydrogens is 903 g/mol. The molecule has 2 unspecified atom stereocenters. The summed E-state index contributed by atoms with van der Waals surface area (Å²) in [7, 11) is 0. The highest BCUT2D eigenvalue weighted by Gasteiger charge is 2.24. The molecule has 0 spiro atoms. The molecular formula is C70H53NOS. The molecule has 0 aliphatic carbocycles. The van der Waals surface area contributed by atoms with E-state index in [2.05, 4.69) is 266 Å². The third-order valence-corrected chi connectivity index (χ3v) is 16.1. The van der Waals surface area contributed by atoms with Gasteiger partial charge in [0.05, 0.1) is 0 Å². The van der Waals surface area contributed by atoms with Gasteiger partial charge in [-0.2, -0.15) is 0 Å². The van der Waals surface area contributed by atoms with Crippen molar-refractivity contribution in [2.24, 2.45) is 0 Å². The molecule has 3 heteroatoms. The molecule has 13 aromatic rings. The van der Waals surface area contributed by atoms with E-state index in [4.69, 9.17) is 4.42 Å². The second-order valence-corrected chi connectivity index (χ2v) is 20.5. The summed E-state index contributed by atoms with van der Waals surface area (Å²) in [6.45, 7) is 0. The molecule has 0 radical (unpaired) electrons. The molecule has 0 saturated heterocycles. The van der Waals surface area contributed by atoms with E-state index in [0.717, 1.165) is 59.3 Å². The molecule has 2 heterocycles. The van der Waals surface area contributed by atoms with E-state index in [9.17, 15) is 0 Å². The highest BCUT2D eigenvalue weighted by atomic mass is 32.1. The van der Waals surface area contributed by atoms with Crippen molar-refractivity contribution in [3.8, 4) is 11.1 Å². The Morgan fingerprint density at radius 3 is 1.63 bits per heavy atom. The number of benzene rings is 11. The zero-order valence-electron chi connectivity index (χ0n) is 40.6. The number of nitrogens with zero attached hydrogens (tertiary/aromatic N) is 1. The molecule has 73 heavy (non-hydrogen) atoms. The van der Waals surface area contributed by atoms with Crippen LogP contribution in [0, 0.1) is 0 Å². The normalized spacial score (nSPS) is 12.5. The van der Waals surface area contributed by atoms with Crippen molar-refractivity contribution in [3.63, 3.8) is 0 Å². The first-order valence-electron chi connectivity index (χ1n) is 25.7. The second kappa shape index (κ2) is 19.6. The predicted molar refractivity (Wildman–Crippen MR) is 310 cm³/mol. The van der Waals surface area contributed by atoms with Crippen LogP contribution in [0.1, 0.15) is 58.1 Å². The summed E-state index contributed by atoms with van der Waals surface area (Å²) < 4.78 is 9.29. The second-order valence-electron chi connectivity index (χ2n) is 19.4. The molecule has 0 amide bonds. The van der Waals surface area contributed by atoms with Crippen molar-refractivity contribution in [1.82, 2.24) is 0 Å². The Kier molecular flexibility index (Phi) is 11.9. The van der Waals surface area contributed by atoms with Gasteiger partial charge in [-0.15, -0.1) is 11.3 Å². The first-order chi connectivity index (χ1) is 36.2. The Hall–Kier alpha value is -8.50. The Morgan fingerprint density at radius 1 is 0.370 bits per heavy atom. The van der Waals surface area contributed by atoms with Crippen LogP contribution in [0.3, 0.4) is 0 Å². The summed E-state index contributed by atoms with van der Waals surface area (Å²) >= 11 is 1.91. The van der Waals surface area contributed by atoms with Gasteiger partial charge in [0.1, 0.15) is 11.2 Å². The van der Waals surface area contributed by atoms with Crippen molar-refractivity contribution < 1.29 is 4.42 Å². The van der Waals surface area contributed by atoms with Crippen LogP contribution in [0.25, 0.3) is 64.0 Å². The highest BCUT2D eigenvalue weighted by Crippen LogP contribution is 2.47. The van der Waals surface area contributed by atoms with E-state index in [0.29, 0.717) is 0 Å². The molecule has 0 fully saturated rings. The molecule has 0 aliphatic rings. The van der Waals surface area contributed by atoms with Crippen molar-refractivity contribution >= 4 is 81.3 Å². The molecule has 2 atom stereocenters. The van der Waals surface area contributed by atoms with Crippen molar-refractivity contribution in [1.29, 1.82) is 0 Å². The Bertz CT molecular complexity index is 3970. The topological polar surface area (TPSA) is 16.4 Å². The first kappa shape index (κ1) is 44.4. The summed E-state index contributed by atoms with van der Waals surface area (Å²) in [6.07, 6.45) is 3.88. The molecule has 0 N–H and O–H groups in total. The van der Waals surface area contributed by atoms with E-state index in [1.165, 1.54) is 80.8 Å². The van der Waals surface area contributed by atoms with Crippen molar-refractivity contribution in [2.75, 3.05) is 4.90 Å². The number of anilines is 3. The van der Waals surface area contributed by atoms with E-state index < -0.39 is 0 Å². The summed E-state index contributed by atoms with van der Waals surface area (Å²) in [4.78, 5) is 2.38. The minimum absolute atomic E-state index is 0.175. The fourth-order valence-electron chi connectivity index (χ4n) is 11.5. The van der Waals surface area contributed by atoms with Crippen LogP contribution in [0.5, 0.6) is 0 Å². The summed E-state index contributed by atoms with van der Waals surface area (Å²) in [5.74, 6) is 0.364. The lowest BCUT2D eigenvalue weighted by molar-refractivity contribution is 0.670. The van der Waals surface area contributed by atoms with Crippen LogP contribution in [0.4, 0.5) is 17.1 Å². The number of hydrogen-bond donors (Lipinski definition) is 0. The monoisotopic (exact) mass is 955 g/mol. The molecule has 2 nitrogen and oxygen atoms in total. The van der Waals surface area contributed by atoms with Gasteiger partial charge in [-0.3, -0.25) is 0 Å². The van der Waals surface area contributed by atoms with E-state index in [1.54, 1.807) is 0 Å². The number of hydrogen-bond acceptors (Lipinski definition) is 3. The molecule has 0 bridgehead atoms. The van der Waals surface area contributed by atoms with Gasteiger partial charge in [0.15, 0.2) is 0 Å². The van der Waals surface area contributed by atoms with E-state index in [-0.39, 0.29) is 11.8 Å². The zero-order chi connectivity index (χ0) is 48.5. The summed E-state index contributed by atoms with van der Waals surface area (Å²) in [5, 5.41) is 7.40. The van der Waals surface area contributed by atoms with Crippen LogP contribution in [0.2, 0.25) is 0 Å². The molecule has 2 aromatic heterocycles. The number of thiophene rings is 1. The number of fused-ring (bicyclic) bond motifs is 8. The lowest BCUT2D eigenvalue weighted by Gasteiger charge is -2.25. The van der Waals surface area contributed by atoms with Gasteiger partial charge >= 0.3 is 0 Å². The lowest BCUT2D eigenvalue weighted by Crippen LogP contribution is -2.09. The predicted octanol–water partition coefficient (Wildman–Crippen LogP) is 19.8. The highest BCUT2D eigenvalue weighted by molar-refractivity contribution is 7.25. The largest absolute Gasteiger partial charge is 0.455 e. The standard InChI is InChI=1S/C70H53NOS/c1-6-19-48(20-7-1)35-42-59(52-23-10-3-11-24-52)63-45-54(46-67-69(63)64-47-57(40-44-66(64)73-67)71(55-26-12-4-13-27-55)56-28-14-5-15-29-56)50-37-33-49(34-38-50)36-41-58(51-21-8-2-9-22-51)61-31-18-32-65-68(61)62-43-39-53-25-16-17-30-60(53)70(62)72-65/h1-34,37-40,43-47,58-59H,35-36,41-42H2. The third-order valence-electron chi connectivity index (χ3n) is 15.0. The van der Waals surface area contributed by atoms with Crippen LogP contribution < -0.4 is 4.90 Å². The Labute approximate surface area is 431 Å². The van der Waals surface area contributed by atoms with Crippen molar-refractivity contribution in [3.05, 3.63) is 294 Å². The van der Waals surface area contributed by atoms with Gasteiger partial charge in [-0.25, -0.2) is 0 Å². The van der Waals surface area contributed by atoms with Crippen molar-refractivity contribution in [2.45, 2.75) is 37.5 Å². The Balaban J connectivity index is 0.894. The summed E-state index contributed by atoms with van der Waals surface area (Å²) in [6, 6.07) is 95.9. The average Bonchev–Trinajstić information content (AvgIpc) is 4.05. The number of rotatable bonds is 14. The van der Waals surface area contributed by atoms with Gasteiger partial charge in [0.25, 0.3) is 0 Å². The van der Waals surface area contributed by atoms with Crippen LogP contribution in [-0.2, 0) is 12.8 Å². The summed E-state index contributed by atoms with van der Waals surface area (Å²) in [5.41, 5.74) is 15.9. The van der Waals surface area contributed by atoms with Gasteiger partial charge in [-0.1, -0.05) is 194 Å². The molecule has 0 saturated carbocycles. The fourth-order valence-corrected chi connectivity index (χ4v) is 12.6. The maximum absolute atomic E-state index is 6.68. The first-order valence-corrected chi connectivity index (χ1v) is 26.5. The third kappa shape index (κ3) is 8.66.